The molecule has 0 saturated heterocycles. The van der Waals surface area contributed by atoms with Gasteiger partial charge in [0.1, 0.15) is 0 Å². The summed E-state index contributed by atoms with van der Waals surface area (Å²) in [4.78, 5) is 3.50. The number of fused-ring (bicyclic) bond motifs is 1. The Balaban J connectivity index is 1.61. The van der Waals surface area contributed by atoms with E-state index < -0.39 is 10.0 Å². The molecule has 2 heterocycles. The highest BCUT2D eigenvalue weighted by molar-refractivity contribution is 7.89. The highest BCUT2D eigenvalue weighted by Crippen LogP contribution is 2.32. The van der Waals surface area contributed by atoms with Crippen LogP contribution in [0.5, 0.6) is 0 Å². The van der Waals surface area contributed by atoms with E-state index in [2.05, 4.69) is 4.98 Å². The Morgan fingerprint density at radius 2 is 1.73 bits per heavy atom. The molecule has 0 saturated carbocycles. The molecule has 1 N–H and O–H groups in total. The van der Waals surface area contributed by atoms with E-state index in [1.54, 1.807) is 24.3 Å². The third-order valence-corrected chi connectivity index (χ3v) is 6.98. The Bertz CT molecular complexity index is 1100. The molecule has 1 aromatic heterocycles. The van der Waals surface area contributed by atoms with Crippen LogP contribution in [0.4, 0.5) is 0 Å². The maximum absolute atomic E-state index is 12.8. The number of benzene rings is 2. The van der Waals surface area contributed by atoms with Crippen LogP contribution in [0, 0.1) is 0 Å². The summed E-state index contributed by atoms with van der Waals surface area (Å²) in [5, 5.41) is 2.25. The summed E-state index contributed by atoms with van der Waals surface area (Å²) < 4.78 is 27.0. The van der Waals surface area contributed by atoms with E-state index in [1.165, 1.54) is 4.31 Å². The first-order chi connectivity index (χ1) is 12.4. The van der Waals surface area contributed by atoms with E-state index in [0.717, 1.165) is 22.0 Å². The quantitative estimate of drug-likeness (QED) is 0.668. The number of sulfonamides is 1. The molecule has 1 aliphatic heterocycles. The van der Waals surface area contributed by atoms with E-state index in [-0.39, 0.29) is 4.90 Å². The zero-order valence-electron chi connectivity index (χ0n) is 13.7. The first-order valence-corrected chi connectivity index (χ1v) is 10.4. The minimum atomic E-state index is -3.52. The second-order valence-corrected chi connectivity index (χ2v) is 9.00. The molecular weight excluding hydrogens is 391 g/mol. The maximum Gasteiger partial charge on any atom is 0.243 e. The molecular formula is C19H16Cl2N2O2S. The van der Waals surface area contributed by atoms with Crippen molar-refractivity contribution in [3.8, 4) is 0 Å². The van der Waals surface area contributed by atoms with Crippen LogP contribution in [0.15, 0.2) is 59.6 Å². The number of nitrogens with one attached hydrogen (secondary N) is 1. The summed E-state index contributed by atoms with van der Waals surface area (Å²) in [6.45, 7) is 0.775. The topological polar surface area (TPSA) is 53.2 Å². The molecule has 0 amide bonds. The van der Waals surface area contributed by atoms with Crippen molar-refractivity contribution >= 4 is 49.7 Å². The van der Waals surface area contributed by atoms with Gasteiger partial charge in [0, 0.05) is 45.8 Å². The number of aromatic amines is 1. The van der Waals surface area contributed by atoms with Gasteiger partial charge in [-0.1, -0.05) is 29.3 Å². The first kappa shape index (κ1) is 17.6. The van der Waals surface area contributed by atoms with Crippen molar-refractivity contribution in [3.05, 3.63) is 70.3 Å². The number of hydrogen-bond donors (Lipinski definition) is 1. The smallest absolute Gasteiger partial charge is 0.243 e. The lowest BCUT2D eigenvalue weighted by Gasteiger charge is -2.26. The summed E-state index contributed by atoms with van der Waals surface area (Å²) >= 11 is 12.0. The van der Waals surface area contributed by atoms with Gasteiger partial charge in [-0.2, -0.15) is 4.31 Å². The van der Waals surface area contributed by atoms with Gasteiger partial charge in [0.2, 0.25) is 10.0 Å². The number of aromatic nitrogens is 1. The Labute approximate surface area is 162 Å². The molecule has 7 heteroatoms. The fourth-order valence-electron chi connectivity index (χ4n) is 3.23. The zero-order chi connectivity index (χ0) is 18.3. The summed E-state index contributed by atoms with van der Waals surface area (Å²) in [7, 11) is -3.52. The van der Waals surface area contributed by atoms with Crippen molar-refractivity contribution in [1.82, 2.24) is 9.29 Å². The number of halogens is 2. The van der Waals surface area contributed by atoms with E-state index in [4.69, 9.17) is 23.2 Å². The molecule has 0 spiro atoms. The highest BCUT2D eigenvalue weighted by Gasteiger charge is 2.26. The van der Waals surface area contributed by atoms with E-state index >= 15 is 0 Å². The van der Waals surface area contributed by atoms with Gasteiger partial charge in [0.05, 0.1) is 4.90 Å². The zero-order valence-corrected chi connectivity index (χ0v) is 16.1. The molecule has 134 valence electrons. The minimum Gasteiger partial charge on any atom is -0.361 e. The standard InChI is InChI=1S/C19H16Cl2N2O2S/c20-14-1-4-16(5-2-14)26(24,25)23-9-7-13(8-10-23)18-12-22-19-6-3-15(21)11-17(18)19/h1-7,11-12,22H,8-10H2. The summed E-state index contributed by atoms with van der Waals surface area (Å²) in [5.74, 6) is 0. The van der Waals surface area contributed by atoms with Crippen LogP contribution in [0.2, 0.25) is 10.0 Å². The van der Waals surface area contributed by atoms with Crippen molar-refractivity contribution in [3.63, 3.8) is 0 Å². The lowest BCUT2D eigenvalue weighted by atomic mass is 10.00. The van der Waals surface area contributed by atoms with Gasteiger partial charge < -0.3 is 4.98 Å². The predicted molar refractivity (Wildman–Crippen MR) is 106 cm³/mol. The van der Waals surface area contributed by atoms with Gasteiger partial charge >= 0.3 is 0 Å². The van der Waals surface area contributed by atoms with Crippen molar-refractivity contribution in [2.75, 3.05) is 13.1 Å². The third kappa shape index (κ3) is 3.16. The van der Waals surface area contributed by atoms with E-state index in [0.29, 0.717) is 29.6 Å². The molecule has 2 aromatic carbocycles. The minimum absolute atomic E-state index is 0.262. The maximum atomic E-state index is 12.8. The fourth-order valence-corrected chi connectivity index (χ4v) is 4.91. The SMILES string of the molecule is O=S(=O)(c1ccc(Cl)cc1)N1CC=C(c2c[nH]c3ccc(Cl)cc23)CC1. The van der Waals surface area contributed by atoms with E-state index in [1.807, 2.05) is 30.5 Å². The molecule has 26 heavy (non-hydrogen) atoms. The van der Waals surface area contributed by atoms with Crippen molar-refractivity contribution in [2.45, 2.75) is 11.3 Å². The first-order valence-electron chi connectivity index (χ1n) is 8.17. The van der Waals surface area contributed by atoms with Crippen molar-refractivity contribution in [1.29, 1.82) is 0 Å². The molecule has 0 unspecified atom stereocenters. The molecule has 3 aromatic rings. The van der Waals surface area contributed by atoms with Crippen molar-refractivity contribution < 1.29 is 8.42 Å². The lowest BCUT2D eigenvalue weighted by molar-refractivity contribution is 0.441. The van der Waals surface area contributed by atoms with Crippen LogP contribution < -0.4 is 0 Å². The van der Waals surface area contributed by atoms with Crippen LogP contribution in [-0.2, 0) is 10.0 Å². The second kappa shape index (κ2) is 6.74. The Kier molecular flexibility index (Phi) is 4.57. The number of hydrogen-bond acceptors (Lipinski definition) is 2. The van der Waals surface area contributed by atoms with Gasteiger partial charge in [-0.3, -0.25) is 0 Å². The fraction of sp³-hybridized carbons (Fsp3) is 0.158. The van der Waals surface area contributed by atoms with Gasteiger partial charge in [-0.25, -0.2) is 8.42 Å². The second-order valence-electron chi connectivity index (χ2n) is 6.19. The highest BCUT2D eigenvalue weighted by atomic mass is 35.5. The van der Waals surface area contributed by atoms with E-state index in [9.17, 15) is 8.42 Å². The summed E-state index contributed by atoms with van der Waals surface area (Å²) in [5.41, 5.74) is 3.22. The van der Waals surface area contributed by atoms with Gasteiger partial charge in [-0.15, -0.1) is 0 Å². The molecule has 0 bridgehead atoms. The van der Waals surface area contributed by atoms with Gasteiger partial charge in [0.25, 0.3) is 0 Å². The van der Waals surface area contributed by atoms with Crippen LogP contribution >= 0.6 is 23.2 Å². The summed E-state index contributed by atoms with van der Waals surface area (Å²) in [6, 6.07) is 12.0. The van der Waals surface area contributed by atoms with Gasteiger partial charge in [-0.05, 0) is 54.5 Å². The average molecular weight is 407 g/mol. The molecule has 0 radical (unpaired) electrons. The monoisotopic (exact) mass is 406 g/mol. The number of nitrogens with zero attached hydrogens (tertiary/aromatic N) is 1. The normalized spacial score (nSPS) is 16.0. The Morgan fingerprint density at radius 3 is 2.42 bits per heavy atom. The molecule has 1 aliphatic rings. The Hall–Kier alpha value is -1.79. The average Bonchev–Trinajstić information content (AvgIpc) is 3.05. The largest absolute Gasteiger partial charge is 0.361 e. The summed E-state index contributed by atoms with van der Waals surface area (Å²) in [6.07, 6.45) is 4.57. The number of rotatable bonds is 3. The van der Waals surface area contributed by atoms with Gasteiger partial charge in [0.15, 0.2) is 0 Å². The lowest BCUT2D eigenvalue weighted by Crippen LogP contribution is -2.34. The van der Waals surface area contributed by atoms with Crippen LogP contribution in [0.1, 0.15) is 12.0 Å². The molecule has 4 rings (SSSR count). The van der Waals surface area contributed by atoms with Crippen LogP contribution in [-0.4, -0.2) is 30.8 Å². The Morgan fingerprint density at radius 1 is 1.00 bits per heavy atom. The number of H-pyrrole nitrogens is 1. The van der Waals surface area contributed by atoms with Crippen LogP contribution in [0.25, 0.3) is 16.5 Å². The third-order valence-electron chi connectivity index (χ3n) is 4.61. The molecule has 0 fully saturated rings. The molecule has 0 aliphatic carbocycles. The molecule has 0 atom stereocenters. The van der Waals surface area contributed by atoms with Crippen molar-refractivity contribution in [2.24, 2.45) is 0 Å². The predicted octanol–water partition coefficient (Wildman–Crippen LogP) is 4.95. The van der Waals surface area contributed by atoms with Crippen LogP contribution in [0.3, 0.4) is 0 Å². The molecule has 4 nitrogen and oxygen atoms in total.